The molecule has 0 aromatic carbocycles. The summed E-state index contributed by atoms with van der Waals surface area (Å²) >= 11 is 0. The SMILES string of the molecule is CCCCC(C)(CC)C(CCC)C(CCC)C(C)CC. The second kappa shape index (κ2) is 10.7. The van der Waals surface area contributed by atoms with Crippen molar-refractivity contribution in [1.29, 1.82) is 0 Å². The lowest BCUT2D eigenvalue weighted by Gasteiger charge is -2.44. The summed E-state index contributed by atoms with van der Waals surface area (Å²) in [6.07, 6.45) is 12.4. The minimum atomic E-state index is 0.565. The summed E-state index contributed by atoms with van der Waals surface area (Å²) < 4.78 is 0. The number of hydrogen-bond donors (Lipinski definition) is 0. The van der Waals surface area contributed by atoms with E-state index in [1.54, 1.807) is 0 Å². The molecule has 0 heteroatoms. The van der Waals surface area contributed by atoms with Crippen molar-refractivity contribution in [2.24, 2.45) is 23.2 Å². The molecule has 0 saturated carbocycles. The molecule has 0 heterocycles. The van der Waals surface area contributed by atoms with E-state index in [0.717, 1.165) is 17.8 Å². The third-order valence-corrected chi connectivity index (χ3v) is 5.92. The standard InChI is InChI=1S/C20H42/c1-8-13-16-20(7,12-5)19(15-10-3)18(14-9-2)17(6)11-4/h17-19H,8-16H2,1-7H3. The van der Waals surface area contributed by atoms with Crippen LogP contribution in [-0.2, 0) is 0 Å². The fraction of sp³-hybridized carbons (Fsp3) is 1.00. The van der Waals surface area contributed by atoms with Gasteiger partial charge in [-0.2, -0.15) is 0 Å². The molecule has 0 aliphatic heterocycles. The topological polar surface area (TPSA) is 0 Å². The highest BCUT2D eigenvalue weighted by molar-refractivity contribution is 4.87. The summed E-state index contributed by atoms with van der Waals surface area (Å²) in [6, 6.07) is 0. The van der Waals surface area contributed by atoms with Gasteiger partial charge in [-0.05, 0) is 36.0 Å². The highest BCUT2D eigenvalue weighted by atomic mass is 14.4. The van der Waals surface area contributed by atoms with E-state index in [1.165, 1.54) is 57.8 Å². The number of unbranched alkanes of at least 4 members (excludes halogenated alkanes) is 1. The van der Waals surface area contributed by atoms with Crippen LogP contribution in [0.15, 0.2) is 0 Å². The first-order valence-corrected chi connectivity index (χ1v) is 9.50. The molecule has 122 valence electrons. The Morgan fingerprint density at radius 2 is 1.45 bits per heavy atom. The summed E-state index contributed by atoms with van der Waals surface area (Å²) in [4.78, 5) is 0. The van der Waals surface area contributed by atoms with Crippen molar-refractivity contribution in [2.75, 3.05) is 0 Å². The van der Waals surface area contributed by atoms with Crippen molar-refractivity contribution in [2.45, 2.75) is 106 Å². The van der Waals surface area contributed by atoms with E-state index in [-0.39, 0.29) is 0 Å². The summed E-state index contributed by atoms with van der Waals surface area (Å²) in [5, 5.41) is 0. The Morgan fingerprint density at radius 1 is 0.850 bits per heavy atom. The zero-order chi connectivity index (χ0) is 15.6. The molecular formula is C20H42. The van der Waals surface area contributed by atoms with E-state index < -0.39 is 0 Å². The summed E-state index contributed by atoms with van der Waals surface area (Å²) in [6.45, 7) is 17.0. The molecule has 0 N–H and O–H groups in total. The van der Waals surface area contributed by atoms with Crippen LogP contribution in [0.1, 0.15) is 106 Å². The fourth-order valence-corrected chi connectivity index (χ4v) is 4.11. The first kappa shape index (κ1) is 20.0. The highest BCUT2D eigenvalue weighted by Crippen LogP contribution is 2.47. The molecule has 0 aromatic rings. The predicted molar refractivity (Wildman–Crippen MR) is 94.2 cm³/mol. The monoisotopic (exact) mass is 282 g/mol. The Balaban J connectivity index is 5.19. The van der Waals surface area contributed by atoms with E-state index in [9.17, 15) is 0 Å². The van der Waals surface area contributed by atoms with Crippen LogP contribution in [-0.4, -0.2) is 0 Å². The van der Waals surface area contributed by atoms with E-state index in [2.05, 4.69) is 48.5 Å². The highest BCUT2D eigenvalue weighted by Gasteiger charge is 2.37. The summed E-state index contributed by atoms with van der Waals surface area (Å²) in [5.74, 6) is 2.75. The van der Waals surface area contributed by atoms with Gasteiger partial charge in [-0.3, -0.25) is 0 Å². The smallest absolute Gasteiger partial charge is 0.0297 e. The lowest BCUT2D eigenvalue weighted by molar-refractivity contribution is 0.0541. The fourth-order valence-electron chi connectivity index (χ4n) is 4.11. The van der Waals surface area contributed by atoms with Gasteiger partial charge in [-0.1, -0.05) is 93.4 Å². The molecule has 0 aliphatic rings. The first-order chi connectivity index (χ1) is 9.50. The molecule has 0 aromatic heterocycles. The van der Waals surface area contributed by atoms with Crippen LogP contribution in [0.3, 0.4) is 0 Å². The molecule has 0 bridgehead atoms. The molecular weight excluding hydrogens is 240 g/mol. The second-order valence-corrected chi connectivity index (χ2v) is 7.34. The molecule has 0 nitrogen and oxygen atoms in total. The van der Waals surface area contributed by atoms with Crippen LogP contribution >= 0.6 is 0 Å². The third-order valence-electron chi connectivity index (χ3n) is 5.92. The molecule has 0 rings (SSSR count). The van der Waals surface area contributed by atoms with Crippen molar-refractivity contribution < 1.29 is 0 Å². The van der Waals surface area contributed by atoms with Gasteiger partial charge < -0.3 is 0 Å². The van der Waals surface area contributed by atoms with Crippen molar-refractivity contribution in [1.82, 2.24) is 0 Å². The number of hydrogen-bond acceptors (Lipinski definition) is 0. The maximum absolute atomic E-state index is 2.59. The van der Waals surface area contributed by atoms with Crippen LogP contribution in [0, 0.1) is 23.2 Å². The van der Waals surface area contributed by atoms with Crippen molar-refractivity contribution in [3.05, 3.63) is 0 Å². The van der Waals surface area contributed by atoms with Gasteiger partial charge in [0.1, 0.15) is 0 Å². The van der Waals surface area contributed by atoms with Gasteiger partial charge in [0.2, 0.25) is 0 Å². The van der Waals surface area contributed by atoms with Gasteiger partial charge in [0.25, 0.3) is 0 Å². The van der Waals surface area contributed by atoms with Crippen LogP contribution < -0.4 is 0 Å². The van der Waals surface area contributed by atoms with Gasteiger partial charge >= 0.3 is 0 Å². The van der Waals surface area contributed by atoms with E-state index in [1.807, 2.05) is 0 Å². The maximum Gasteiger partial charge on any atom is -0.0297 e. The Morgan fingerprint density at radius 3 is 1.85 bits per heavy atom. The van der Waals surface area contributed by atoms with Crippen LogP contribution in [0.25, 0.3) is 0 Å². The third kappa shape index (κ3) is 5.78. The van der Waals surface area contributed by atoms with Crippen LogP contribution in [0.5, 0.6) is 0 Å². The molecule has 0 spiro atoms. The average Bonchev–Trinajstić information content (AvgIpc) is 2.47. The molecule has 0 amide bonds. The molecule has 20 heavy (non-hydrogen) atoms. The molecule has 4 unspecified atom stereocenters. The quantitative estimate of drug-likeness (QED) is 0.348. The van der Waals surface area contributed by atoms with Crippen LogP contribution in [0.4, 0.5) is 0 Å². The van der Waals surface area contributed by atoms with E-state index >= 15 is 0 Å². The summed E-state index contributed by atoms with van der Waals surface area (Å²) in [5.41, 5.74) is 0.565. The zero-order valence-electron chi connectivity index (χ0n) is 15.6. The van der Waals surface area contributed by atoms with Crippen LogP contribution in [0.2, 0.25) is 0 Å². The Labute approximate surface area is 130 Å². The van der Waals surface area contributed by atoms with E-state index in [4.69, 9.17) is 0 Å². The van der Waals surface area contributed by atoms with Gasteiger partial charge in [-0.25, -0.2) is 0 Å². The van der Waals surface area contributed by atoms with Gasteiger partial charge in [-0.15, -0.1) is 0 Å². The van der Waals surface area contributed by atoms with Gasteiger partial charge in [0, 0.05) is 0 Å². The van der Waals surface area contributed by atoms with Gasteiger partial charge in [0.05, 0.1) is 0 Å². The lowest BCUT2D eigenvalue weighted by atomic mass is 9.61. The Kier molecular flexibility index (Phi) is 10.7. The van der Waals surface area contributed by atoms with Crippen molar-refractivity contribution in [3.8, 4) is 0 Å². The Hall–Kier alpha value is 0. The molecule has 0 aliphatic carbocycles. The molecule has 0 fully saturated rings. The minimum absolute atomic E-state index is 0.565. The van der Waals surface area contributed by atoms with Crippen molar-refractivity contribution in [3.63, 3.8) is 0 Å². The van der Waals surface area contributed by atoms with E-state index in [0.29, 0.717) is 5.41 Å². The maximum atomic E-state index is 2.59. The second-order valence-electron chi connectivity index (χ2n) is 7.34. The lowest BCUT2D eigenvalue weighted by Crippen LogP contribution is -2.35. The van der Waals surface area contributed by atoms with Crippen molar-refractivity contribution >= 4 is 0 Å². The Bertz CT molecular complexity index is 220. The zero-order valence-corrected chi connectivity index (χ0v) is 15.6. The largest absolute Gasteiger partial charge is 0.0654 e. The molecule has 4 atom stereocenters. The number of rotatable bonds is 12. The predicted octanol–water partition coefficient (Wildman–Crippen LogP) is 7.47. The summed E-state index contributed by atoms with van der Waals surface area (Å²) in [7, 11) is 0. The molecule has 0 saturated heterocycles. The minimum Gasteiger partial charge on any atom is -0.0654 e. The first-order valence-electron chi connectivity index (χ1n) is 9.50. The van der Waals surface area contributed by atoms with Gasteiger partial charge in [0.15, 0.2) is 0 Å². The average molecular weight is 283 g/mol. The molecule has 0 radical (unpaired) electrons. The normalized spacial score (nSPS) is 19.4.